The molecule has 6 nitrogen and oxygen atoms in total. The average molecular weight is 674 g/mol. The van der Waals surface area contributed by atoms with E-state index < -0.39 is 76.1 Å². The number of benzene rings is 3. The lowest BCUT2D eigenvalue weighted by Crippen LogP contribution is -2.47. The zero-order valence-electron chi connectivity index (χ0n) is 22.7. The number of hydrogen-bond donors (Lipinski definition) is 1. The summed E-state index contributed by atoms with van der Waals surface area (Å²) < 4.78 is 155. The molecule has 0 amide bonds. The molecule has 3 aromatic carbocycles. The van der Waals surface area contributed by atoms with E-state index >= 15 is 0 Å². The van der Waals surface area contributed by atoms with Crippen LogP contribution in [-0.4, -0.2) is 55.8 Å². The molecule has 1 aliphatic heterocycles. The minimum Gasteiger partial charge on any atom is -0.493 e. The van der Waals surface area contributed by atoms with E-state index in [4.69, 9.17) is 18.8 Å². The Morgan fingerprint density at radius 2 is 1.25 bits per heavy atom. The van der Waals surface area contributed by atoms with E-state index in [1.165, 1.54) is 31.2 Å². The minimum atomic E-state index is -6.36. The number of ether oxygens (including phenoxy) is 3. The first-order valence-corrected chi connectivity index (χ1v) is 15.4. The maximum atomic E-state index is 13.8. The first kappa shape index (κ1) is 34.0. The highest BCUT2D eigenvalue weighted by molar-refractivity contribution is 7.97. The van der Waals surface area contributed by atoms with Crippen LogP contribution in [0.5, 0.6) is 5.75 Å². The van der Waals surface area contributed by atoms with Gasteiger partial charge >= 0.3 is 33.1 Å². The third-order valence-corrected chi connectivity index (χ3v) is 9.86. The number of halogens is 8. The summed E-state index contributed by atoms with van der Waals surface area (Å²) in [5, 5.41) is -5.70. The van der Waals surface area contributed by atoms with Gasteiger partial charge in [-0.1, -0.05) is 18.2 Å². The molecule has 1 heterocycles. The van der Waals surface area contributed by atoms with Gasteiger partial charge in [0.05, 0.1) is 23.9 Å². The first-order valence-electron chi connectivity index (χ1n) is 12.7. The highest BCUT2D eigenvalue weighted by Gasteiger charge is 2.65. The van der Waals surface area contributed by atoms with E-state index in [1.807, 2.05) is 12.1 Å². The van der Waals surface area contributed by atoms with Crippen molar-refractivity contribution in [2.75, 3.05) is 19.8 Å². The van der Waals surface area contributed by atoms with Crippen molar-refractivity contribution < 1.29 is 62.3 Å². The maximum Gasteiger partial charge on any atom is 0.431 e. The van der Waals surface area contributed by atoms with Crippen molar-refractivity contribution in [1.29, 1.82) is 0 Å². The van der Waals surface area contributed by atoms with Crippen LogP contribution < -0.4 is 4.74 Å². The normalized spacial score (nSPS) is 19.1. The lowest BCUT2D eigenvalue weighted by Gasteiger charge is -2.28. The molecule has 0 radical (unpaired) electrons. The van der Waals surface area contributed by atoms with Crippen LogP contribution in [0.15, 0.2) is 93.5 Å². The summed E-state index contributed by atoms with van der Waals surface area (Å²) >= 11 is 0. The fourth-order valence-corrected chi connectivity index (χ4v) is 6.58. The SMILES string of the molecule is CC1(c2ccc([S+](c3ccccc3)c3ccc(OCCC(F)(F)C(F)(F)S(=O)(=O)O)cc3)cc2)OCC(F)(F)C(F)(F)CO1. The van der Waals surface area contributed by atoms with E-state index in [0.29, 0.717) is 9.79 Å². The molecule has 1 unspecified atom stereocenters. The zero-order valence-corrected chi connectivity index (χ0v) is 24.3. The molecular formula is C28H25F8O6S2+. The third-order valence-electron chi connectivity index (χ3n) is 6.68. The molecule has 1 aliphatic rings. The lowest BCUT2D eigenvalue weighted by molar-refractivity contribution is -0.233. The fraction of sp³-hybridized carbons (Fsp3) is 0.357. The summed E-state index contributed by atoms with van der Waals surface area (Å²) in [5.41, 5.74) is 0.214. The van der Waals surface area contributed by atoms with Crippen molar-refractivity contribution in [3.63, 3.8) is 0 Å². The number of alkyl halides is 8. The molecule has 0 aromatic heterocycles. The predicted molar refractivity (Wildman–Crippen MR) is 142 cm³/mol. The Morgan fingerprint density at radius 1 is 0.795 bits per heavy atom. The zero-order chi connectivity index (χ0) is 32.6. The smallest absolute Gasteiger partial charge is 0.431 e. The van der Waals surface area contributed by atoms with E-state index in [-0.39, 0.29) is 11.3 Å². The lowest BCUT2D eigenvalue weighted by atomic mass is 10.1. The second-order valence-corrected chi connectivity index (χ2v) is 13.3. The van der Waals surface area contributed by atoms with Crippen molar-refractivity contribution in [1.82, 2.24) is 0 Å². The van der Waals surface area contributed by atoms with Gasteiger partial charge in [0.1, 0.15) is 19.0 Å². The largest absolute Gasteiger partial charge is 0.493 e. The van der Waals surface area contributed by atoms with Gasteiger partial charge in [-0.3, -0.25) is 4.55 Å². The van der Waals surface area contributed by atoms with E-state index in [2.05, 4.69) is 0 Å². The van der Waals surface area contributed by atoms with E-state index in [0.717, 1.165) is 4.90 Å². The van der Waals surface area contributed by atoms with E-state index in [1.54, 1.807) is 42.5 Å². The Kier molecular flexibility index (Phi) is 9.35. The van der Waals surface area contributed by atoms with Gasteiger partial charge in [-0.25, -0.2) is 0 Å². The molecule has 1 saturated heterocycles. The van der Waals surface area contributed by atoms with Gasteiger partial charge in [-0.15, -0.1) is 0 Å². The maximum absolute atomic E-state index is 13.8. The Morgan fingerprint density at radius 3 is 1.73 bits per heavy atom. The van der Waals surface area contributed by atoms with Gasteiger partial charge in [0.2, 0.25) is 0 Å². The van der Waals surface area contributed by atoms with Gasteiger partial charge in [-0.2, -0.15) is 43.5 Å². The Balaban J connectivity index is 1.54. The molecule has 1 fully saturated rings. The summed E-state index contributed by atoms with van der Waals surface area (Å²) in [4.78, 5) is 2.22. The minimum absolute atomic E-state index is 0.0101. The summed E-state index contributed by atoms with van der Waals surface area (Å²) in [5.74, 6) is -15.8. The molecule has 240 valence electrons. The van der Waals surface area contributed by atoms with Gasteiger partial charge < -0.3 is 14.2 Å². The Bertz CT molecular complexity index is 1520. The highest BCUT2D eigenvalue weighted by atomic mass is 32.2. The standard InChI is InChI=1S/C28H24F8O6S2/c1-24(41-17-26(31,32)27(33,34)18-42-24)19-7-11-22(12-8-19)43(21-5-3-2-4-6-21)23-13-9-20(10-14-23)40-16-15-25(29,30)28(35,36)44(37,38)39/h2-14H,15-18H2,1H3/p+1. The summed E-state index contributed by atoms with van der Waals surface area (Å²) in [6, 6.07) is 21.3. The molecule has 0 saturated carbocycles. The van der Waals surface area contributed by atoms with Gasteiger partial charge in [0.15, 0.2) is 20.5 Å². The topological polar surface area (TPSA) is 82.1 Å². The summed E-state index contributed by atoms with van der Waals surface area (Å²) in [6.45, 7) is -2.84. The van der Waals surface area contributed by atoms with Crippen LogP contribution in [0, 0.1) is 0 Å². The monoisotopic (exact) mass is 673 g/mol. The van der Waals surface area contributed by atoms with Crippen LogP contribution in [0.4, 0.5) is 35.1 Å². The van der Waals surface area contributed by atoms with Crippen molar-refractivity contribution in [3.05, 3.63) is 84.4 Å². The van der Waals surface area contributed by atoms with Crippen LogP contribution in [0.1, 0.15) is 18.9 Å². The molecule has 4 rings (SSSR count). The molecule has 44 heavy (non-hydrogen) atoms. The second kappa shape index (κ2) is 12.1. The van der Waals surface area contributed by atoms with Crippen LogP contribution in [-0.2, 0) is 36.3 Å². The number of hydrogen-bond acceptors (Lipinski definition) is 5. The average Bonchev–Trinajstić information content (AvgIpc) is 3.04. The molecular weight excluding hydrogens is 648 g/mol. The van der Waals surface area contributed by atoms with Gasteiger partial charge in [0, 0.05) is 5.56 Å². The highest BCUT2D eigenvalue weighted by Crippen LogP contribution is 2.43. The van der Waals surface area contributed by atoms with Crippen molar-refractivity contribution >= 4 is 21.0 Å². The molecule has 0 spiro atoms. The van der Waals surface area contributed by atoms with E-state index in [9.17, 15) is 43.5 Å². The molecule has 16 heteroatoms. The quantitative estimate of drug-likeness (QED) is 0.140. The fourth-order valence-electron chi connectivity index (χ4n) is 4.04. The second-order valence-electron chi connectivity index (χ2n) is 9.84. The molecule has 1 atom stereocenters. The molecule has 0 aliphatic carbocycles. The summed E-state index contributed by atoms with van der Waals surface area (Å²) in [7, 11) is -7.17. The van der Waals surface area contributed by atoms with Crippen molar-refractivity contribution in [2.45, 2.75) is 56.8 Å². The third kappa shape index (κ3) is 6.83. The van der Waals surface area contributed by atoms with Gasteiger partial charge in [0.25, 0.3) is 0 Å². The van der Waals surface area contributed by atoms with Crippen molar-refractivity contribution in [3.8, 4) is 5.75 Å². The number of rotatable bonds is 10. The first-order chi connectivity index (χ1) is 20.3. The van der Waals surface area contributed by atoms with Crippen LogP contribution in [0.2, 0.25) is 0 Å². The van der Waals surface area contributed by atoms with Crippen LogP contribution in [0.3, 0.4) is 0 Å². The van der Waals surface area contributed by atoms with Crippen LogP contribution >= 0.6 is 0 Å². The predicted octanol–water partition coefficient (Wildman–Crippen LogP) is 7.16. The summed E-state index contributed by atoms with van der Waals surface area (Å²) in [6.07, 6.45) is -1.70. The van der Waals surface area contributed by atoms with Crippen LogP contribution in [0.25, 0.3) is 0 Å². The Hall–Kier alpha value is -2.92. The Labute approximate surface area is 250 Å². The van der Waals surface area contributed by atoms with Crippen molar-refractivity contribution in [2.24, 2.45) is 0 Å². The van der Waals surface area contributed by atoms with Gasteiger partial charge in [-0.05, 0) is 67.6 Å². The molecule has 3 aromatic rings. The molecule has 1 N–H and O–H groups in total. The molecule has 0 bridgehead atoms.